The number of hydrogen-bond acceptors (Lipinski definition) is 11. The molecule has 6 atom stereocenters. The molecule has 1 fully saturated rings. The molecule has 0 radical (unpaired) electrons. The number of rotatable bonds is 6. The van der Waals surface area contributed by atoms with Crippen LogP contribution in [0.4, 0.5) is 0 Å². The van der Waals surface area contributed by atoms with Crippen molar-refractivity contribution in [2.75, 3.05) is 6.61 Å². The lowest BCUT2D eigenvalue weighted by Crippen LogP contribution is -2.63. The van der Waals surface area contributed by atoms with E-state index in [0.717, 1.165) is 0 Å². The average Bonchev–Trinajstić information content (AvgIpc) is 2.83. The molecule has 0 aromatic carbocycles. The average molecular weight is 530 g/mol. The maximum absolute atomic E-state index is 13.1. The first-order chi connectivity index (χ1) is 17.8. The first kappa shape index (κ1) is 27.3. The largest absolute Gasteiger partial charge is 0.482 e. The van der Waals surface area contributed by atoms with Gasteiger partial charge in [0.1, 0.15) is 41.0 Å². The maximum atomic E-state index is 13.1. The van der Waals surface area contributed by atoms with Gasteiger partial charge in [-0.15, -0.1) is 0 Å². The van der Waals surface area contributed by atoms with Gasteiger partial charge < -0.3 is 28.5 Å². The van der Waals surface area contributed by atoms with Gasteiger partial charge in [-0.3, -0.25) is 19.4 Å². The van der Waals surface area contributed by atoms with E-state index in [1.807, 2.05) is 0 Å². The van der Waals surface area contributed by atoms with Crippen molar-refractivity contribution >= 4 is 17.9 Å². The normalized spacial score (nSPS) is 27.5. The topological polar surface area (TPSA) is 151 Å². The van der Waals surface area contributed by atoms with E-state index in [9.17, 15) is 24.3 Å². The molecule has 0 spiro atoms. The molecule has 2 aliphatic rings. The number of hydrogen-bond donors (Lipinski definition) is 1. The third-order valence-corrected chi connectivity index (χ3v) is 7.43. The van der Waals surface area contributed by atoms with Crippen LogP contribution in [-0.2, 0) is 28.6 Å². The van der Waals surface area contributed by atoms with Gasteiger partial charge in [-0.25, -0.2) is 4.79 Å². The number of carbonyl (C=O) groups is 3. The number of aliphatic hydroxyl groups excluding tert-OH is 1. The molecule has 0 amide bonds. The van der Waals surface area contributed by atoms with Crippen LogP contribution >= 0.6 is 0 Å². The fourth-order valence-electron chi connectivity index (χ4n) is 5.54. The van der Waals surface area contributed by atoms with Crippen LogP contribution < -0.4 is 10.4 Å². The number of esters is 3. The summed E-state index contributed by atoms with van der Waals surface area (Å²) in [7, 11) is 0. The molecule has 38 heavy (non-hydrogen) atoms. The van der Waals surface area contributed by atoms with E-state index >= 15 is 0 Å². The predicted octanol–water partition coefficient (Wildman–Crippen LogP) is 2.73. The number of carbonyl (C=O) groups excluding carboxylic acids is 3. The number of pyridine rings is 1. The minimum atomic E-state index is -1.35. The molecule has 0 bridgehead atoms. The molecule has 0 unspecified atom stereocenters. The van der Waals surface area contributed by atoms with Crippen molar-refractivity contribution in [3.63, 3.8) is 0 Å². The summed E-state index contributed by atoms with van der Waals surface area (Å²) >= 11 is 0. The molecule has 1 aliphatic heterocycles. The molecular formula is C27H31NO10. The zero-order valence-corrected chi connectivity index (χ0v) is 21.9. The van der Waals surface area contributed by atoms with Crippen molar-refractivity contribution in [1.82, 2.24) is 4.98 Å². The Morgan fingerprint density at radius 2 is 1.92 bits per heavy atom. The van der Waals surface area contributed by atoms with E-state index in [2.05, 4.69) is 4.98 Å². The van der Waals surface area contributed by atoms with Crippen LogP contribution in [0.5, 0.6) is 5.75 Å². The Hall–Kier alpha value is -3.73. The smallest absolute Gasteiger partial charge is 0.345 e. The third kappa shape index (κ3) is 5.15. The van der Waals surface area contributed by atoms with E-state index in [0.29, 0.717) is 5.56 Å². The summed E-state index contributed by atoms with van der Waals surface area (Å²) in [5.74, 6) is -2.70. The number of aromatic nitrogens is 1. The van der Waals surface area contributed by atoms with Gasteiger partial charge in [0.15, 0.2) is 0 Å². The lowest BCUT2D eigenvalue weighted by Gasteiger charge is -2.54. The summed E-state index contributed by atoms with van der Waals surface area (Å²) in [6, 6.07) is 4.92. The Kier molecular flexibility index (Phi) is 7.33. The molecule has 2 aromatic heterocycles. The highest BCUT2D eigenvalue weighted by atomic mass is 16.6. The number of nitrogens with zero attached hydrogens (tertiary/aromatic N) is 1. The van der Waals surface area contributed by atoms with E-state index in [4.69, 9.17) is 23.4 Å². The Morgan fingerprint density at radius 3 is 2.53 bits per heavy atom. The fraction of sp³-hybridized carbons (Fsp3) is 0.519. The van der Waals surface area contributed by atoms with Gasteiger partial charge in [-0.1, -0.05) is 0 Å². The first-order valence-electron chi connectivity index (χ1n) is 12.3. The molecule has 1 saturated carbocycles. The summed E-state index contributed by atoms with van der Waals surface area (Å²) in [6.07, 6.45) is 1.24. The molecule has 0 saturated heterocycles. The van der Waals surface area contributed by atoms with Crippen molar-refractivity contribution in [1.29, 1.82) is 0 Å². The lowest BCUT2D eigenvalue weighted by atomic mass is 9.62. The first-order valence-corrected chi connectivity index (χ1v) is 12.3. The summed E-state index contributed by atoms with van der Waals surface area (Å²) in [5.41, 5.74) is -2.83. The summed E-state index contributed by atoms with van der Waals surface area (Å²) in [6.45, 7) is 6.82. The standard InChI is InChI=1S/C27H31NO10/c1-14(29)34-13-26(4,37-16(3)31)18-9-19-24(32)23-21(38-27(19,5)22(10-18)35-15(2)30)11-20(36-25(23)33)17-7-6-8-28-12-17/h6-8,11-12,18-19,22,24,32H,9-10,13H2,1-5H3/t18-,19-,22-,24-,26-,27-/m0/s1. The summed E-state index contributed by atoms with van der Waals surface area (Å²) in [4.78, 5) is 52.8. The van der Waals surface area contributed by atoms with Gasteiger partial charge in [0, 0.05) is 56.6 Å². The Balaban J connectivity index is 1.78. The van der Waals surface area contributed by atoms with Crippen LogP contribution in [-0.4, -0.2) is 51.9 Å². The SMILES string of the molecule is CC(=O)OC[C@](C)(OC(C)=O)[C@@H]1C[C@H](OC(C)=O)[C@@]2(C)Oc3cc(-c4cccnc4)oc(=O)c3[C@@H](O)[C@@H]2C1. The van der Waals surface area contributed by atoms with Gasteiger partial charge in [-0.2, -0.15) is 0 Å². The molecule has 204 valence electrons. The van der Waals surface area contributed by atoms with Crippen molar-refractivity contribution in [2.45, 2.75) is 70.9 Å². The molecule has 1 aliphatic carbocycles. The number of fused-ring (bicyclic) bond motifs is 2. The second kappa shape index (κ2) is 10.2. The Labute approximate surface area is 219 Å². The molecule has 2 aromatic rings. The van der Waals surface area contributed by atoms with Crippen molar-refractivity contribution < 1.29 is 42.9 Å². The Morgan fingerprint density at radius 1 is 1.18 bits per heavy atom. The zero-order valence-electron chi connectivity index (χ0n) is 21.9. The number of aliphatic hydroxyl groups is 1. The van der Waals surface area contributed by atoms with Crippen LogP contribution in [0.3, 0.4) is 0 Å². The van der Waals surface area contributed by atoms with Crippen LogP contribution in [0.2, 0.25) is 0 Å². The van der Waals surface area contributed by atoms with Gasteiger partial charge in [-0.05, 0) is 38.8 Å². The summed E-state index contributed by atoms with van der Waals surface area (Å²) < 4.78 is 28.4. The highest BCUT2D eigenvalue weighted by Crippen LogP contribution is 2.54. The maximum Gasteiger partial charge on any atom is 0.345 e. The molecular weight excluding hydrogens is 498 g/mol. The predicted molar refractivity (Wildman–Crippen MR) is 131 cm³/mol. The Bertz CT molecular complexity index is 1290. The second-order valence-corrected chi connectivity index (χ2v) is 10.2. The highest BCUT2D eigenvalue weighted by Gasteiger charge is 2.60. The fourth-order valence-corrected chi connectivity index (χ4v) is 5.54. The second-order valence-electron chi connectivity index (χ2n) is 10.2. The van der Waals surface area contributed by atoms with Gasteiger partial charge in [0.25, 0.3) is 0 Å². The molecule has 1 N–H and O–H groups in total. The minimum Gasteiger partial charge on any atom is -0.482 e. The van der Waals surface area contributed by atoms with Crippen LogP contribution in [0, 0.1) is 11.8 Å². The molecule has 11 nitrogen and oxygen atoms in total. The van der Waals surface area contributed by atoms with Crippen LogP contribution in [0.15, 0.2) is 39.8 Å². The minimum absolute atomic E-state index is 0.0588. The molecule has 3 heterocycles. The zero-order chi connectivity index (χ0) is 27.8. The number of ether oxygens (including phenoxy) is 4. The quantitative estimate of drug-likeness (QED) is 0.434. The van der Waals surface area contributed by atoms with E-state index in [1.54, 1.807) is 32.2 Å². The van der Waals surface area contributed by atoms with Crippen molar-refractivity contribution in [3.8, 4) is 17.1 Å². The molecule has 4 rings (SSSR count). The monoisotopic (exact) mass is 529 g/mol. The van der Waals surface area contributed by atoms with Crippen molar-refractivity contribution in [3.05, 3.63) is 46.6 Å². The van der Waals surface area contributed by atoms with Crippen LogP contribution in [0.1, 0.15) is 59.1 Å². The van der Waals surface area contributed by atoms with E-state index < -0.39 is 58.8 Å². The van der Waals surface area contributed by atoms with Crippen molar-refractivity contribution in [2.24, 2.45) is 11.8 Å². The van der Waals surface area contributed by atoms with Gasteiger partial charge in [0.2, 0.25) is 0 Å². The third-order valence-electron chi connectivity index (χ3n) is 7.43. The summed E-state index contributed by atoms with van der Waals surface area (Å²) in [5, 5.41) is 11.5. The highest BCUT2D eigenvalue weighted by molar-refractivity contribution is 5.68. The van der Waals surface area contributed by atoms with Crippen LogP contribution in [0.25, 0.3) is 11.3 Å². The lowest BCUT2D eigenvalue weighted by molar-refractivity contribution is -0.215. The molecule has 11 heteroatoms. The van der Waals surface area contributed by atoms with E-state index in [1.165, 1.54) is 33.0 Å². The van der Waals surface area contributed by atoms with Gasteiger partial charge >= 0.3 is 23.5 Å². The van der Waals surface area contributed by atoms with Gasteiger partial charge in [0.05, 0.1) is 6.10 Å². The van der Waals surface area contributed by atoms with E-state index in [-0.39, 0.29) is 36.5 Å².